The molecule has 0 aliphatic carbocycles. The zero-order valence-electron chi connectivity index (χ0n) is 17.6. The summed E-state index contributed by atoms with van der Waals surface area (Å²) in [4.78, 5) is 20.0. The second-order valence-corrected chi connectivity index (χ2v) is 6.71. The van der Waals surface area contributed by atoms with E-state index in [0.29, 0.717) is 12.2 Å². The van der Waals surface area contributed by atoms with E-state index in [4.69, 9.17) is 4.74 Å². The number of rotatable bonds is 8. The summed E-state index contributed by atoms with van der Waals surface area (Å²) in [6.45, 7) is 2.04. The molecule has 2 rings (SSSR count). The highest BCUT2D eigenvalue weighted by Gasteiger charge is 2.09. The fraction of sp³-hybridized carbons (Fsp3) is 0.364. The van der Waals surface area contributed by atoms with Crippen molar-refractivity contribution in [3.05, 3.63) is 65.7 Å². The Labute approximate surface area is 191 Å². The highest BCUT2D eigenvalue weighted by atomic mass is 127. The quantitative estimate of drug-likeness (QED) is 0.337. The van der Waals surface area contributed by atoms with E-state index in [1.165, 1.54) is 0 Å². The predicted molar refractivity (Wildman–Crippen MR) is 130 cm³/mol. The molecule has 0 aliphatic heterocycles. The van der Waals surface area contributed by atoms with Crippen LogP contribution in [0.3, 0.4) is 0 Å². The van der Waals surface area contributed by atoms with Crippen molar-refractivity contribution in [2.45, 2.75) is 6.42 Å². The number of nitrogens with one attached hydrogen (secondary N) is 1. The van der Waals surface area contributed by atoms with Gasteiger partial charge in [0.25, 0.3) is 5.91 Å². The maximum absolute atomic E-state index is 12.1. The lowest BCUT2D eigenvalue weighted by Crippen LogP contribution is -2.41. The molecule has 7 heteroatoms. The van der Waals surface area contributed by atoms with E-state index in [-0.39, 0.29) is 29.9 Å². The van der Waals surface area contributed by atoms with Crippen LogP contribution in [0.15, 0.2) is 59.6 Å². The molecule has 0 fully saturated rings. The largest absolute Gasteiger partial charge is 0.492 e. The van der Waals surface area contributed by atoms with Gasteiger partial charge in [-0.25, -0.2) is 0 Å². The number of aliphatic imine (C=N–C) groups is 1. The first-order valence-electron chi connectivity index (χ1n) is 9.41. The molecule has 0 unspecified atom stereocenters. The van der Waals surface area contributed by atoms with Crippen molar-refractivity contribution >= 4 is 35.8 Å². The first kappa shape index (κ1) is 24.7. The molecule has 0 spiro atoms. The number of ether oxygens (including phenoxy) is 1. The summed E-state index contributed by atoms with van der Waals surface area (Å²) in [7, 11) is 7.28. The topological polar surface area (TPSA) is 57.2 Å². The molecule has 0 aromatic heterocycles. The van der Waals surface area contributed by atoms with Crippen LogP contribution < -0.4 is 10.1 Å². The molecule has 0 radical (unpaired) electrons. The van der Waals surface area contributed by atoms with Crippen molar-refractivity contribution < 1.29 is 9.53 Å². The van der Waals surface area contributed by atoms with E-state index < -0.39 is 0 Å². The summed E-state index contributed by atoms with van der Waals surface area (Å²) in [5, 5.41) is 3.36. The molecule has 29 heavy (non-hydrogen) atoms. The molecule has 0 aliphatic rings. The number of carbonyl (C=O) groups excluding carboxylic acids is 1. The molecule has 0 saturated heterocycles. The normalized spacial score (nSPS) is 10.7. The van der Waals surface area contributed by atoms with Crippen LogP contribution in [-0.2, 0) is 6.42 Å². The molecule has 2 aromatic carbocycles. The summed E-state index contributed by atoms with van der Waals surface area (Å²) in [5.74, 6) is 1.70. The number of para-hydroxylation sites is 1. The fourth-order valence-corrected chi connectivity index (χ4v) is 2.74. The molecular weight excluding hydrogens is 479 g/mol. The molecule has 6 nitrogen and oxygen atoms in total. The first-order chi connectivity index (χ1) is 13.5. The Morgan fingerprint density at radius 1 is 1.07 bits per heavy atom. The first-order valence-corrected chi connectivity index (χ1v) is 9.41. The van der Waals surface area contributed by atoms with Crippen LogP contribution in [-0.4, -0.2) is 69.6 Å². The third-order valence-electron chi connectivity index (χ3n) is 4.29. The second-order valence-electron chi connectivity index (χ2n) is 6.71. The molecule has 1 N–H and O–H groups in total. The number of nitrogens with zero attached hydrogens (tertiary/aromatic N) is 3. The van der Waals surface area contributed by atoms with Gasteiger partial charge in [-0.15, -0.1) is 24.0 Å². The number of carbonyl (C=O) groups is 1. The summed E-state index contributed by atoms with van der Waals surface area (Å²) in [5.41, 5.74) is 1.83. The number of hydrogen-bond donors (Lipinski definition) is 1. The van der Waals surface area contributed by atoms with E-state index in [2.05, 4.69) is 10.3 Å². The van der Waals surface area contributed by atoms with Crippen LogP contribution in [0.5, 0.6) is 5.75 Å². The highest BCUT2D eigenvalue weighted by molar-refractivity contribution is 14.0. The number of benzene rings is 2. The van der Waals surface area contributed by atoms with Crippen molar-refractivity contribution in [3.8, 4) is 5.75 Å². The Morgan fingerprint density at radius 3 is 2.45 bits per heavy atom. The smallest absolute Gasteiger partial charge is 0.253 e. The maximum Gasteiger partial charge on any atom is 0.253 e. The number of amides is 1. The average Bonchev–Trinajstić information content (AvgIpc) is 2.71. The minimum atomic E-state index is 0. The van der Waals surface area contributed by atoms with Gasteiger partial charge < -0.3 is 19.9 Å². The van der Waals surface area contributed by atoms with E-state index in [1.807, 2.05) is 66.5 Å². The van der Waals surface area contributed by atoms with Gasteiger partial charge >= 0.3 is 0 Å². The van der Waals surface area contributed by atoms with Gasteiger partial charge in [0.2, 0.25) is 0 Å². The molecule has 1 amide bonds. The van der Waals surface area contributed by atoms with Crippen molar-refractivity contribution in [3.63, 3.8) is 0 Å². The number of guanidine groups is 1. The Morgan fingerprint density at radius 2 is 1.79 bits per heavy atom. The van der Waals surface area contributed by atoms with Gasteiger partial charge in [-0.1, -0.05) is 30.3 Å². The SMILES string of the molecule is CN=C(NCCc1cccc(C(=O)N(C)C)c1)N(C)CCOc1ccccc1.I. The van der Waals surface area contributed by atoms with Crippen molar-refractivity contribution in [2.24, 2.45) is 4.99 Å². The Kier molecular flexibility index (Phi) is 11.1. The standard InChI is InChI=1S/C22H30N4O2.HI/c1-23-22(26(4)15-16-28-20-11-6-5-7-12-20)24-14-13-18-9-8-10-19(17-18)21(27)25(2)3;/h5-12,17H,13-16H2,1-4H3,(H,23,24);1H. The summed E-state index contributed by atoms with van der Waals surface area (Å²) in [6.07, 6.45) is 0.807. The Bertz CT molecular complexity index is 781. The zero-order chi connectivity index (χ0) is 20.4. The lowest BCUT2D eigenvalue weighted by molar-refractivity contribution is 0.0827. The van der Waals surface area contributed by atoms with Gasteiger partial charge in [0.1, 0.15) is 12.4 Å². The second kappa shape index (κ2) is 13.0. The van der Waals surface area contributed by atoms with E-state index in [1.54, 1.807) is 26.0 Å². The Hall–Kier alpha value is -2.29. The zero-order valence-corrected chi connectivity index (χ0v) is 19.9. The predicted octanol–water partition coefficient (Wildman–Crippen LogP) is 3.14. The van der Waals surface area contributed by atoms with E-state index >= 15 is 0 Å². The monoisotopic (exact) mass is 510 g/mol. The number of halogens is 1. The van der Waals surface area contributed by atoms with Crippen LogP contribution in [0, 0.1) is 0 Å². The van der Waals surface area contributed by atoms with Crippen molar-refractivity contribution in [2.75, 3.05) is 47.9 Å². The van der Waals surface area contributed by atoms with Gasteiger partial charge in [-0.05, 0) is 36.2 Å². The third kappa shape index (κ3) is 8.31. The lowest BCUT2D eigenvalue weighted by Gasteiger charge is -2.22. The number of hydrogen-bond acceptors (Lipinski definition) is 3. The van der Waals surface area contributed by atoms with Gasteiger partial charge in [-0.2, -0.15) is 0 Å². The van der Waals surface area contributed by atoms with Crippen LogP contribution in [0.25, 0.3) is 0 Å². The molecule has 0 heterocycles. The molecule has 158 valence electrons. The van der Waals surface area contributed by atoms with Gasteiger partial charge in [-0.3, -0.25) is 9.79 Å². The van der Waals surface area contributed by atoms with Gasteiger partial charge in [0.15, 0.2) is 5.96 Å². The molecular formula is C22H31IN4O2. The summed E-state index contributed by atoms with van der Waals surface area (Å²) < 4.78 is 5.74. The highest BCUT2D eigenvalue weighted by Crippen LogP contribution is 2.09. The van der Waals surface area contributed by atoms with Crippen LogP contribution in [0.1, 0.15) is 15.9 Å². The molecule has 0 bridgehead atoms. The molecule has 0 saturated carbocycles. The van der Waals surface area contributed by atoms with Crippen LogP contribution in [0.4, 0.5) is 0 Å². The van der Waals surface area contributed by atoms with Crippen molar-refractivity contribution in [1.82, 2.24) is 15.1 Å². The fourth-order valence-electron chi connectivity index (χ4n) is 2.74. The maximum atomic E-state index is 12.1. The lowest BCUT2D eigenvalue weighted by atomic mass is 10.1. The third-order valence-corrected chi connectivity index (χ3v) is 4.29. The minimum Gasteiger partial charge on any atom is -0.492 e. The summed E-state index contributed by atoms with van der Waals surface area (Å²) >= 11 is 0. The number of likely N-dealkylation sites (N-methyl/N-ethyl adjacent to an activating group) is 1. The van der Waals surface area contributed by atoms with Crippen LogP contribution >= 0.6 is 24.0 Å². The van der Waals surface area contributed by atoms with E-state index in [0.717, 1.165) is 36.8 Å². The van der Waals surface area contributed by atoms with E-state index in [9.17, 15) is 4.79 Å². The molecule has 0 atom stereocenters. The van der Waals surface area contributed by atoms with Crippen molar-refractivity contribution in [1.29, 1.82) is 0 Å². The molecule has 2 aromatic rings. The van der Waals surface area contributed by atoms with Crippen LogP contribution in [0.2, 0.25) is 0 Å². The minimum absolute atomic E-state index is 0. The summed E-state index contributed by atoms with van der Waals surface area (Å²) in [6, 6.07) is 17.5. The van der Waals surface area contributed by atoms with Gasteiger partial charge in [0.05, 0.1) is 6.54 Å². The average molecular weight is 510 g/mol. The Balaban J connectivity index is 0.00000420. The van der Waals surface area contributed by atoms with Gasteiger partial charge in [0, 0.05) is 40.3 Å².